The molecule has 0 bridgehead atoms. The van der Waals surface area contributed by atoms with Gasteiger partial charge in [-0.1, -0.05) is 386 Å². The van der Waals surface area contributed by atoms with Crippen molar-refractivity contribution in [2.45, 2.75) is 439 Å². The van der Waals surface area contributed by atoms with E-state index in [1.165, 1.54) is 349 Å². The van der Waals surface area contributed by atoms with E-state index >= 15 is 9.59 Å². The summed E-state index contributed by atoms with van der Waals surface area (Å²) >= 11 is 12.8. The Labute approximate surface area is 702 Å². The van der Waals surface area contributed by atoms with Crippen LogP contribution >= 0.6 is 68.9 Å². The molecule has 8 heteroatoms. The normalized spacial score (nSPS) is 20.4. The van der Waals surface area contributed by atoms with Crippen LogP contribution in [0.2, 0.25) is 0 Å². The van der Waals surface area contributed by atoms with Crippen LogP contribution in [-0.2, 0) is 27.8 Å². The van der Waals surface area contributed by atoms with Crippen LogP contribution in [0.3, 0.4) is 0 Å². The largest absolute Gasteiger partial charge is 0.299 e. The number of fused-ring (bicyclic) bond motifs is 12. The number of thioether (sulfide) groups is 2. The third kappa shape index (κ3) is 21.7. The molecule has 6 heterocycles. The lowest BCUT2D eigenvalue weighted by atomic mass is 9.70. The Hall–Kier alpha value is -2.98. The van der Waals surface area contributed by atoms with Crippen LogP contribution in [0.5, 0.6) is 0 Å². The molecule has 12 rings (SSSR count). The highest BCUT2D eigenvalue weighted by Crippen LogP contribution is 2.71. The van der Waals surface area contributed by atoms with E-state index in [0.717, 1.165) is 25.7 Å². The van der Waals surface area contributed by atoms with Gasteiger partial charge in [0.2, 0.25) is 0 Å². The molecule has 4 aromatic heterocycles. The van der Waals surface area contributed by atoms with Crippen LogP contribution in [-0.4, -0.2) is 22.1 Å². The number of ketones is 2. The zero-order valence-corrected chi connectivity index (χ0v) is 76.1. The minimum absolute atomic E-state index is 0.0387. The highest BCUT2D eigenvalue weighted by molar-refractivity contribution is 8.01. The molecule has 2 nitrogen and oxygen atoms in total. The van der Waals surface area contributed by atoms with Crippen molar-refractivity contribution in [3.63, 3.8) is 0 Å². The highest BCUT2D eigenvalue weighted by Gasteiger charge is 2.65. The molecule has 610 valence electrons. The zero-order valence-electron chi connectivity index (χ0n) is 71.2. The van der Waals surface area contributed by atoms with Crippen molar-refractivity contribution in [2.24, 2.45) is 23.7 Å². The maximum Gasteiger partial charge on any atom is 0.145 e. The molecule has 0 spiro atoms. The summed E-state index contributed by atoms with van der Waals surface area (Å²) in [5, 5.41) is 3.59. The van der Waals surface area contributed by atoms with Crippen molar-refractivity contribution in [3.8, 4) is 20.2 Å². The predicted octanol–water partition coefficient (Wildman–Crippen LogP) is 35.2. The first-order valence-electron chi connectivity index (χ1n) is 47.4. The molecule has 0 amide bonds. The number of hydrogen-bond acceptors (Lipinski definition) is 8. The second-order valence-corrected chi connectivity index (χ2v) is 43.1. The van der Waals surface area contributed by atoms with Gasteiger partial charge in [-0.2, -0.15) is 0 Å². The van der Waals surface area contributed by atoms with Crippen LogP contribution in [0.15, 0.2) is 82.6 Å². The summed E-state index contributed by atoms with van der Waals surface area (Å²) in [6, 6.07) is 28.2. The molecule has 3 saturated carbocycles. The second-order valence-electron chi connectivity index (χ2n) is 36.5. The van der Waals surface area contributed by atoms with Crippen molar-refractivity contribution in [2.75, 3.05) is 0 Å². The van der Waals surface area contributed by atoms with Gasteiger partial charge in [0.1, 0.15) is 11.6 Å². The van der Waals surface area contributed by atoms with Gasteiger partial charge in [-0.15, -0.1) is 68.9 Å². The van der Waals surface area contributed by atoms with Gasteiger partial charge in [0.25, 0.3) is 0 Å². The number of carbonyl (C=O) groups is 2. The van der Waals surface area contributed by atoms with Crippen LogP contribution in [0.25, 0.3) is 40.4 Å². The number of benzene rings is 3. The third-order valence-electron chi connectivity index (χ3n) is 27.9. The Morgan fingerprint density at radius 1 is 0.369 bits per heavy atom. The fourth-order valence-electron chi connectivity index (χ4n) is 21.4. The molecule has 10 unspecified atom stereocenters. The average molecular weight is 1610 g/mol. The van der Waals surface area contributed by atoms with E-state index in [2.05, 4.69) is 197 Å². The number of rotatable bonds is 56. The van der Waals surface area contributed by atoms with Crippen LogP contribution in [0.4, 0.5) is 0 Å². The molecule has 7 aromatic rings. The van der Waals surface area contributed by atoms with Crippen molar-refractivity contribution in [1.82, 2.24) is 0 Å². The molecule has 10 atom stereocenters. The Morgan fingerprint density at radius 3 is 1.11 bits per heavy atom. The van der Waals surface area contributed by atoms with E-state index < -0.39 is 0 Å². The van der Waals surface area contributed by atoms with Gasteiger partial charge in [-0.25, -0.2) is 0 Å². The minimum atomic E-state index is -0.166. The van der Waals surface area contributed by atoms with Crippen LogP contribution < -0.4 is 0 Å². The van der Waals surface area contributed by atoms with Gasteiger partial charge in [-0.05, 0) is 144 Å². The predicted molar refractivity (Wildman–Crippen MR) is 495 cm³/mol. The molecule has 3 aromatic carbocycles. The molecule has 3 fully saturated rings. The fourth-order valence-corrected chi connectivity index (χ4v) is 31.5. The van der Waals surface area contributed by atoms with Gasteiger partial charge in [0, 0.05) is 76.2 Å². The van der Waals surface area contributed by atoms with Gasteiger partial charge in [0.05, 0.1) is 11.8 Å². The summed E-state index contributed by atoms with van der Waals surface area (Å²) < 4.78 is 3.14. The number of hydrogen-bond donors (Lipinski definition) is 0. The molecular weight excluding hydrogens is 1460 g/mol. The van der Waals surface area contributed by atoms with E-state index in [1.807, 2.05) is 0 Å². The average Bonchev–Trinajstić information content (AvgIpc) is 1.53. The summed E-state index contributed by atoms with van der Waals surface area (Å²) in [4.78, 5) is 44.4. The molecule has 2 aliphatic heterocycles. The SMILES string of the molecule is CCCCCCCCCCCCc1c2cc(-c3sc4c(c3C(CCCCCCC)CCCCCCCCC)SC3C4C(=O)C4CC5C(CC43)C(=O)C3c4sc(C(C)(C)c6ccccc6)c(C(CCCCCCC)CCCCCCCCC)c4SC35)sc2c(CCCCCCCCCCCC)c2cc(-c3ccccc3)sc12. The van der Waals surface area contributed by atoms with Gasteiger partial charge in [-0.3, -0.25) is 9.59 Å². The summed E-state index contributed by atoms with van der Waals surface area (Å²) in [6.45, 7) is 19.1. The monoisotopic (exact) mass is 1610 g/mol. The molecule has 0 N–H and O–H groups in total. The summed E-state index contributed by atoms with van der Waals surface area (Å²) in [7, 11) is 0. The fraction of sp³-hybridized carbons (Fsp3) is 0.689. The Balaban J connectivity index is 0.894. The maximum atomic E-state index is 16.4. The minimum Gasteiger partial charge on any atom is -0.299 e. The van der Waals surface area contributed by atoms with Crippen molar-refractivity contribution in [1.29, 1.82) is 0 Å². The number of unbranched alkanes of at least 4 members (excludes halogenated alkanes) is 38. The second kappa shape index (κ2) is 45.3. The third-order valence-corrected chi connectivity index (χ3v) is 36.8. The van der Waals surface area contributed by atoms with E-state index in [0.29, 0.717) is 23.4 Å². The Bertz CT molecular complexity index is 3830. The first kappa shape index (κ1) is 87.3. The summed E-state index contributed by atoms with van der Waals surface area (Å²) in [5.74, 6) is 2.62. The summed E-state index contributed by atoms with van der Waals surface area (Å²) in [6.07, 6.45) is 68.0. The van der Waals surface area contributed by atoms with E-state index in [4.69, 9.17) is 0 Å². The Morgan fingerprint density at radius 2 is 0.703 bits per heavy atom. The maximum absolute atomic E-state index is 16.4. The molecule has 0 radical (unpaired) electrons. The van der Waals surface area contributed by atoms with E-state index in [1.54, 1.807) is 52.2 Å². The lowest BCUT2D eigenvalue weighted by Crippen LogP contribution is -2.36. The van der Waals surface area contributed by atoms with Crippen molar-refractivity contribution < 1.29 is 9.59 Å². The lowest BCUT2D eigenvalue weighted by molar-refractivity contribution is -0.127. The quantitative estimate of drug-likeness (QED) is 0.0356. The van der Waals surface area contributed by atoms with Crippen molar-refractivity contribution >= 4 is 101 Å². The number of carbonyl (C=O) groups excluding carboxylic acids is 2. The first-order valence-corrected chi connectivity index (χ1v) is 52.4. The highest BCUT2D eigenvalue weighted by atomic mass is 32.2. The first-order chi connectivity index (χ1) is 54.6. The topological polar surface area (TPSA) is 34.1 Å². The standard InChI is InChI=1S/C103H150O2S6/c1-9-15-21-27-31-33-35-39-45-57-67-77-83-71-85(73-59-53-47-54-60-73)106-93(83)78(68-58-46-40-36-34-32-28-22-16-10-2)84-72-86(107-94(77)84)97-87(74(61-49-41-25-19-13-5)62-51-43-37-29-23-17-11-3)98-100(110-97)89-91(104)79-69-82-80(70-81(79)95(89)108-98)92(105)90-96(82)109-99-88(102(111-101(90)99)103(7,8)76-65-55-48-56-66-76)75(63-50-42-26-20-14-6)64-52-44-38-30-24-18-12-4/h47-48,53-56,59-60,65-66,71-72,74-75,79-82,89-90,95-96H,9-46,49-52,57-58,61-64,67-70H2,1-8H3. The zero-order chi connectivity index (χ0) is 77.3. The molecule has 0 saturated heterocycles. The van der Waals surface area contributed by atoms with Gasteiger partial charge in [0.15, 0.2) is 0 Å². The molecule has 5 aliphatic rings. The van der Waals surface area contributed by atoms with Crippen LogP contribution in [0.1, 0.15) is 443 Å². The number of thiophene rings is 4. The molecular formula is C103H150O2S6. The smallest absolute Gasteiger partial charge is 0.145 e. The van der Waals surface area contributed by atoms with Crippen molar-refractivity contribution in [3.05, 3.63) is 115 Å². The van der Waals surface area contributed by atoms with Crippen LogP contribution in [0, 0.1) is 23.7 Å². The van der Waals surface area contributed by atoms with Gasteiger partial charge >= 0.3 is 0 Å². The molecule has 111 heavy (non-hydrogen) atoms. The van der Waals surface area contributed by atoms with Gasteiger partial charge < -0.3 is 0 Å². The summed E-state index contributed by atoms with van der Waals surface area (Å²) in [5.41, 5.74) is 9.12. The number of Topliss-reactive ketones (excluding diaryl/α,β-unsaturated/α-hetero) is 2. The van der Waals surface area contributed by atoms with E-state index in [9.17, 15) is 0 Å². The molecule has 3 aliphatic carbocycles. The Kier molecular flexibility index (Phi) is 35.6. The number of aryl methyl sites for hydroxylation is 2. The lowest BCUT2D eigenvalue weighted by Gasteiger charge is -2.37. The van der Waals surface area contributed by atoms with E-state index in [-0.39, 0.29) is 51.4 Å².